The molecule has 5 nitrogen and oxygen atoms in total. The summed E-state index contributed by atoms with van der Waals surface area (Å²) in [5.74, 6) is 1.61. The summed E-state index contributed by atoms with van der Waals surface area (Å²) in [5.41, 5.74) is 1.21. The lowest BCUT2D eigenvalue weighted by Gasteiger charge is -2.28. The number of carbonyl (C=O) groups excluding carboxylic acids is 1. The molecule has 5 rings (SSSR count). The Morgan fingerprint density at radius 3 is 2.69 bits per heavy atom. The maximum atomic E-state index is 12.6. The first kappa shape index (κ1) is 20.7. The molecule has 1 saturated heterocycles. The van der Waals surface area contributed by atoms with Gasteiger partial charge in [0.2, 0.25) is 5.91 Å². The molecule has 1 aliphatic heterocycles. The van der Waals surface area contributed by atoms with Crippen molar-refractivity contribution in [1.29, 1.82) is 0 Å². The van der Waals surface area contributed by atoms with E-state index in [4.69, 9.17) is 4.98 Å². The Hall–Kier alpha value is -3.16. The minimum absolute atomic E-state index is 0.153. The van der Waals surface area contributed by atoms with Crippen molar-refractivity contribution in [3.8, 4) is 0 Å². The van der Waals surface area contributed by atoms with Crippen LogP contribution in [0.25, 0.3) is 10.9 Å². The topological polar surface area (TPSA) is 58.1 Å². The number of halogens is 3. The quantitative estimate of drug-likeness (QED) is 0.592. The van der Waals surface area contributed by atoms with Crippen LogP contribution in [0.2, 0.25) is 0 Å². The van der Waals surface area contributed by atoms with Crippen molar-refractivity contribution in [3.05, 3.63) is 59.9 Å². The molecule has 2 bridgehead atoms. The van der Waals surface area contributed by atoms with Crippen molar-refractivity contribution in [1.82, 2.24) is 9.97 Å². The zero-order chi connectivity index (χ0) is 22.3. The second-order valence-corrected chi connectivity index (χ2v) is 8.66. The van der Waals surface area contributed by atoms with Gasteiger partial charge in [-0.2, -0.15) is 13.2 Å². The number of nitrogens with zero attached hydrogens (tertiary/aromatic N) is 3. The van der Waals surface area contributed by atoms with Gasteiger partial charge in [0, 0.05) is 36.3 Å². The first-order chi connectivity index (χ1) is 15.3. The summed E-state index contributed by atoms with van der Waals surface area (Å²) in [6.07, 6.45) is 1.02. The van der Waals surface area contributed by atoms with Crippen molar-refractivity contribution in [2.45, 2.75) is 44.3 Å². The molecule has 2 unspecified atom stereocenters. The zero-order valence-corrected chi connectivity index (χ0v) is 17.4. The molecule has 1 aliphatic carbocycles. The Kier molecular flexibility index (Phi) is 5.23. The molecule has 2 aliphatic rings. The predicted octanol–water partition coefficient (Wildman–Crippen LogP) is 5.21. The van der Waals surface area contributed by atoms with Gasteiger partial charge in [-0.05, 0) is 73.6 Å². The molecule has 1 saturated carbocycles. The molecule has 3 aromatic rings. The van der Waals surface area contributed by atoms with Gasteiger partial charge in [0.15, 0.2) is 0 Å². The molecule has 2 aromatic heterocycles. The van der Waals surface area contributed by atoms with Crippen molar-refractivity contribution in [2.75, 3.05) is 16.8 Å². The van der Waals surface area contributed by atoms with Gasteiger partial charge < -0.3 is 10.2 Å². The highest BCUT2D eigenvalue weighted by atomic mass is 19.4. The lowest BCUT2D eigenvalue weighted by Crippen LogP contribution is -2.32. The van der Waals surface area contributed by atoms with Gasteiger partial charge in [0.05, 0.1) is 5.52 Å². The van der Waals surface area contributed by atoms with Crippen LogP contribution in [0.1, 0.15) is 36.9 Å². The Bertz CT molecular complexity index is 1150. The van der Waals surface area contributed by atoms with E-state index in [0.29, 0.717) is 23.7 Å². The average Bonchev–Trinajstić information content (AvgIpc) is 3.41. The number of carbonyl (C=O) groups is 1. The lowest BCUT2D eigenvalue weighted by atomic mass is 10.1. The normalized spacial score (nSPS) is 20.2. The number of nitrogens with one attached hydrogen (secondary N) is 1. The van der Waals surface area contributed by atoms with E-state index in [1.807, 2.05) is 30.3 Å². The number of aryl methyl sites for hydroxylation is 1. The van der Waals surface area contributed by atoms with Crippen molar-refractivity contribution >= 4 is 28.3 Å². The zero-order valence-electron chi connectivity index (χ0n) is 17.4. The summed E-state index contributed by atoms with van der Waals surface area (Å²) in [4.78, 5) is 23.0. The van der Waals surface area contributed by atoms with E-state index in [-0.39, 0.29) is 12.3 Å². The lowest BCUT2D eigenvalue weighted by molar-refractivity contribution is -0.141. The molecule has 1 amide bonds. The van der Waals surface area contributed by atoms with Crippen LogP contribution in [0.4, 0.5) is 24.7 Å². The fourth-order valence-electron chi connectivity index (χ4n) is 4.78. The first-order valence-corrected chi connectivity index (χ1v) is 10.8. The number of aromatic nitrogens is 2. The van der Waals surface area contributed by atoms with Crippen LogP contribution in [-0.4, -0.2) is 28.5 Å². The van der Waals surface area contributed by atoms with Crippen molar-refractivity contribution < 1.29 is 18.0 Å². The highest BCUT2D eigenvalue weighted by Crippen LogP contribution is 2.40. The van der Waals surface area contributed by atoms with Crippen LogP contribution in [0, 0.1) is 5.92 Å². The maximum Gasteiger partial charge on any atom is 0.433 e. The van der Waals surface area contributed by atoms with E-state index in [1.54, 1.807) is 0 Å². The monoisotopic (exact) mass is 440 g/mol. The van der Waals surface area contributed by atoms with Crippen molar-refractivity contribution in [3.63, 3.8) is 0 Å². The number of pyridine rings is 2. The third-order valence-electron chi connectivity index (χ3n) is 6.42. The van der Waals surface area contributed by atoms with Crippen LogP contribution in [0.3, 0.4) is 0 Å². The number of alkyl halides is 3. The first-order valence-electron chi connectivity index (χ1n) is 10.8. The number of fused-ring (bicyclic) bond motifs is 3. The molecule has 0 radical (unpaired) electrons. The Labute approximate surface area is 183 Å². The van der Waals surface area contributed by atoms with Gasteiger partial charge in [-0.1, -0.05) is 6.07 Å². The molecule has 3 heterocycles. The number of piperidine rings is 1. The Morgan fingerprint density at radius 1 is 1.12 bits per heavy atom. The standard InChI is InChI=1S/C24H23F3N4O/c25-24(26,27)21-8-2-15(13-28-21)3-10-23(32)29-18-5-7-20-17(12-18)4-9-22(30-20)31-14-16-1-6-19(31)11-16/h2,4-5,7-9,12-13,16,19H,1,3,6,10-11,14H2,(H,29,32). The van der Waals surface area contributed by atoms with E-state index in [0.717, 1.165) is 35.2 Å². The fraction of sp³-hybridized carbons (Fsp3) is 0.375. The predicted molar refractivity (Wildman–Crippen MR) is 116 cm³/mol. The number of amides is 1. The number of hydrogen-bond donors (Lipinski definition) is 1. The Balaban J connectivity index is 1.20. The third-order valence-corrected chi connectivity index (χ3v) is 6.42. The second kappa shape index (κ2) is 8.07. The van der Waals surface area contributed by atoms with Gasteiger partial charge >= 0.3 is 6.18 Å². The summed E-state index contributed by atoms with van der Waals surface area (Å²) >= 11 is 0. The van der Waals surface area contributed by atoms with Gasteiger partial charge in [-0.3, -0.25) is 9.78 Å². The minimum Gasteiger partial charge on any atom is -0.353 e. The fourth-order valence-corrected chi connectivity index (χ4v) is 4.78. The molecule has 32 heavy (non-hydrogen) atoms. The largest absolute Gasteiger partial charge is 0.433 e. The van der Waals surface area contributed by atoms with Crippen LogP contribution < -0.4 is 10.2 Å². The summed E-state index contributed by atoms with van der Waals surface area (Å²) in [5, 5.41) is 3.80. The Morgan fingerprint density at radius 2 is 2.00 bits per heavy atom. The molecular weight excluding hydrogens is 417 g/mol. The molecule has 166 valence electrons. The van der Waals surface area contributed by atoms with Gasteiger partial charge in [-0.15, -0.1) is 0 Å². The van der Waals surface area contributed by atoms with Gasteiger partial charge in [0.1, 0.15) is 11.5 Å². The van der Waals surface area contributed by atoms with Crippen LogP contribution in [0.15, 0.2) is 48.7 Å². The van der Waals surface area contributed by atoms with Gasteiger partial charge in [0.25, 0.3) is 0 Å². The van der Waals surface area contributed by atoms with Gasteiger partial charge in [-0.25, -0.2) is 4.98 Å². The summed E-state index contributed by atoms with van der Waals surface area (Å²) in [6, 6.07) is 12.6. The van der Waals surface area contributed by atoms with E-state index in [2.05, 4.69) is 15.2 Å². The smallest absolute Gasteiger partial charge is 0.353 e. The summed E-state index contributed by atoms with van der Waals surface area (Å²) in [6.45, 7) is 1.09. The SMILES string of the molecule is O=C(CCc1ccc(C(F)(F)F)nc1)Nc1ccc2nc(N3CC4CCC3C4)ccc2c1. The maximum absolute atomic E-state index is 12.6. The molecular formula is C24H23F3N4O. The molecule has 8 heteroatoms. The van der Waals surface area contributed by atoms with E-state index >= 15 is 0 Å². The van der Waals surface area contributed by atoms with Crippen LogP contribution in [-0.2, 0) is 17.4 Å². The van der Waals surface area contributed by atoms with E-state index < -0.39 is 11.9 Å². The third kappa shape index (κ3) is 4.26. The van der Waals surface area contributed by atoms with Crippen molar-refractivity contribution in [2.24, 2.45) is 5.92 Å². The summed E-state index contributed by atoms with van der Waals surface area (Å²) in [7, 11) is 0. The summed E-state index contributed by atoms with van der Waals surface area (Å²) < 4.78 is 37.8. The molecule has 1 N–H and O–H groups in total. The molecule has 2 fully saturated rings. The second-order valence-electron chi connectivity index (χ2n) is 8.66. The molecule has 0 spiro atoms. The average molecular weight is 440 g/mol. The molecule has 2 atom stereocenters. The number of benzene rings is 1. The van der Waals surface area contributed by atoms with Crippen LogP contribution in [0.5, 0.6) is 0 Å². The molecule has 1 aromatic carbocycles. The number of rotatable bonds is 5. The highest BCUT2D eigenvalue weighted by molar-refractivity contribution is 5.94. The number of hydrogen-bond acceptors (Lipinski definition) is 4. The minimum atomic E-state index is -4.46. The number of anilines is 2. The van der Waals surface area contributed by atoms with E-state index in [9.17, 15) is 18.0 Å². The highest BCUT2D eigenvalue weighted by Gasteiger charge is 2.38. The van der Waals surface area contributed by atoms with E-state index in [1.165, 1.54) is 31.5 Å². The van der Waals surface area contributed by atoms with Crippen LogP contribution >= 0.6 is 0 Å².